The molecule has 4 nitrogen and oxygen atoms in total. The fraction of sp³-hybridized carbons (Fsp3) is 0.192. The van der Waals surface area contributed by atoms with Crippen LogP contribution in [-0.2, 0) is 19.8 Å². The molecule has 1 aliphatic heterocycles. The van der Waals surface area contributed by atoms with Crippen LogP contribution in [0, 0.1) is 11.8 Å². The van der Waals surface area contributed by atoms with Crippen molar-refractivity contribution < 1.29 is 14.4 Å². The van der Waals surface area contributed by atoms with Crippen LogP contribution in [0.1, 0.15) is 35.1 Å². The first kappa shape index (κ1) is 17.3. The lowest BCUT2D eigenvalue weighted by Gasteiger charge is -2.52. The van der Waals surface area contributed by atoms with Gasteiger partial charge in [-0.25, -0.2) is 4.90 Å². The molecule has 146 valence electrons. The van der Waals surface area contributed by atoms with Gasteiger partial charge in [-0.15, -0.1) is 0 Å². The summed E-state index contributed by atoms with van der Waals surface area (Å²) in [6, 6.07) is 24.7. The maximum absolute atomic E-state index is 13.8. The molecule has 1 fully saturated rings. The molecule has 4 heteroatoms. The van der Waals surface area contributed by atoms with E-state index in [0.717, 1.165) is 22.3 Å². The van der Waals surface area contributed by atoms with Gasteiger partial charge in [0, 0.05) is 5.92 Å². The monoisotopic (exact) mass is 393 g/mol. The molecule has 2 bridgehead atoms. The number of carbonyl (C=O) groups excluding carboxylic acids is 3. The molecule has 1 saturated heterocycles. The van der Waals surface area contributed by atoms with Gasteiger partial charge in [-0.3, -0.25) is 14.4 Å². The Labute approximate surface area is 174 Å². The van der Waals surface area contributed by atoms with E-state index in [-0.39, 0.29) is 23.5 Å². The second-order valence-electron chi connectivity index (χ2n) is 8.37. The van der Waals surface area contributed by atoms with Gasteiger partial charge in [0.25, 0.3) is 0 Å². The van der Waals surface area contributed by atoms with E-state index in [4.69, 9.17) is 0 Å². The molecule has 3 aliphatic carbocycles. The SMILES string of the molecule is CC(=O)C12c3ccccc3C(c3ccccc31)[C@H]1C(=O)N(c3ccccc3)C(=O)[C@H]12. The largest absolute Gasteiger partial charge is 0.299 e. The van der Waals surface area contributed by atoms with E-state index in [1.54, 1.807) is 19.1 Å². The summed E-state index contributed by atoms with van der Waals surface area (Å²) in [6.07, 6.45) is 0. The highest BCUT2D eigenvalue weighted by atomic mass is 16.2. The third kappa shape index (κ3) is 1.80. The van der Waals surface area contributed by atoms with Crippen LogP contribution in [0.15, 0.2) is 78.9 Å². The first-order valence-corrected chi connectivity index (χ1v) is 10.2. The first-order valence-electron chi connectivity index (χ1n) is 10.2. The summed E-state index contributed by atoms with van der Waals surface area (Å²) in [5.41, 5.74) is 3.15. The van der Waals surface area contributed by atoms with Crippen LogP contribution in [-0.4, -0.2) is 17.6 Å². The molecule has 0 aromatic heterocycles. The fourth-order valence-electron chi connectivity index (χ4n) is 6.20. The van der Waals surface area contributed by atoms with Crippen molar-refractivity contribution in [2.75, 3.05) is 4.90 Å². The van der Waals surface area contributed by atoms with Gasteiger partial charge in [0.15, 0.2) is 0 Å². The number of hydrogen-bond acceptors (Lipinski definition) is 3. The Morgan fingerprint density at radius 3 is 1.87 bits per heavy atom. The number of para-hydroxylation sites is 1. The van der Waals surface area contributed by atoms with E-state index in [2.05, 4.69) is 0 Å². The molecule has 0 saturated carbocycles. The quantitative estimate of drug-likeness (QED) is 0.622. The average Bonchev–Trinajstić information content (AvgIpc) is 3.05. The Bertz CT molecular complexity index is 1200. The van der Waals surface area contributed by atoms with Gasteiger partial charge >= 0.3 is 0 Å². The Morgan fingerprint density at radius 2 is 1.30 bits per heavy atom. The summed E-state index contributed by atoms with van der Waals surface area (Å²) in [5, 5.41) is 0. The number of imide groups is 1. The lowest BCUT2D eigenvalue weighted by atomic mass is 9.46. The summed E-state index contributed by atoms with van der Waals surface area (Å²) < 4.78 is 0. The normalized spacial score (nSPS) is 28.2. The highest BCUT2D eigenvalue weighted by molar-refractivity contribution is 6.25. The van der Waals surface area contributed by atoms with Crippen LogP contribution >= 0.6 is 0 Å². The molecular formula is C26H19NO3. The lowest BCUT2D eigenvalue weighted by molar-refractivity contribution is -0.132. The van der Waals surface area contributed by atoms with Gasteiger partial charge < -0.3 is 0 Å². The topological polar surface area (TPSA) is 54.5 Å². The molecule has 1 heterocycles. The number of rotatable bonds is 2. The zero-order valence-electron chi connectivity index (χ0n) is 16.4. The van der Waals surface area contributed by atoms with Gasteiger partial charge in [0.05, 0.1) is 22.9 Å². The average molecular weight is 393 g/mol. The molecule has 7 rings (SSSR count). The van der Waals surface area contributed by atoms with Crippen LogP contribution in [0.3, 0.4) is 0 Å². The third-order valence-electron chi connectivity index (χ3n) is 7.19. The van der Waals surface area contributed by atoms with E-state index < -0.39 is 17.3 Å². The lowest BCUT2D eigenvalue weighted by Crippen LogP contribution is -2.57. The zero-order valence-corrected chi connectivity index (χ0v) is 16.4. The number of Topliss-reactive ketones (excluding diaryl/α,β-unsaturated/α-hetero) is 1. The van der Waals surface area contributed by atoms with E-state index in [0.29, 0.717) is 5.69 Å². The minimum absolute atomic E-state index is 0.0911. The van der Waals surface area contributed by atoms with Crippen LogP contribution in [0.4, 0.5) is 5.69 Å². The molecule has 0 spiro atoms. The van der Waals surface area contributed by atoms with Crippen molar-refractivity contribution in [3.8, 4) is 0 Å². The van der Waals surface area contributed by atoms with Crippen molar-refractivity contribution in [3.05, 3.63) is 101 Å². The minimum atomic E-state index is -1.14. The maximum atomic E-state index is 13.8. The molecule has 0 N–H and O–H groups in total. The van der Waals surface area contributed by atoms with Crippen molar-refractivity contribution in [3.63, 3.8) is 0 Å². The van der Waals surface area contributed by atoms with Gasteiger partial charge in [0.1, 0.15) is 5.78 Å². The number of anilines is 1. The van der Waals surface area contributed by atoms with Crippen LogP contribution in [0.2, 0.25) is 0 Å². The summed E-state index contributed by atoms with van der Waals surface area (Å²) in [6.45, 7) is 1.55. The molecule has 2 amide bonds. The van der Waals surface area contributed by atoms with E-state index in [1.807, 2.05) is 66.7 Å². The first-order chi connectivity index (χ1) is 14.6. The Balaban J connectivity index is 1.70. The summed E-state index contributed by atoms with van der Waals surface area (Å²) in [5.74, 6) is -2.11. The Morgan fingerprint density at radius 1 is 0.767 bits per heavy atom. The minimum Gasteiger partial charge on any atom is -0.299 e. The molecule has 3 aromatic carbocycles. The molecular weight excluding hydrogens is 374 g/mol. The van der Waals surface area contributed by atoms with Crippen molar-refractivity contribution >= 4 is 23.3 Å². The van der Waals surface area contributed by atoms with Crippen molar-refractivity contribution in [1.82, 2.24) is 0 Å². The van der Waals surface area contributed by atoms with E-state index >= 15 is 0 Å². The summed E-state index contributed by atoms with van der Waals surface area (Å²) in [7, 11) is 0. The number of benzene rings is 3. The smallest absolute Gasteiger partial charge is 0.239 e. The number of nitrogens with zero attached hydrogens (tertiary/aromatic N) is 1. The number of hydrogen-bond donors (Lipinski definition) is 0. The highest BCUT2D eigenvalue weighted by Gasteiger charge is 2.69. The molecule has 0 radical (unpaired) electrons. The number of amides is 2. The zero-order chi connectivity index (χ0) is 20.6. The number of ketones is 1. The third-order valence-corrected chi connectivity index (χ3v) is 7.19. The second kappa shape index (κ2) is 5.76. The maximum Gasteiger partial charge on any atom is 0.239 e. The summed E-state index contributed by atoms with van der Waals surface area (Å²) >= 11 is 0. The Hall–Kier alpha value is -3.53. The molecule has 2 atom stereocenters. The predicted molar refractivity (Wildman–Crippen MR) is 112 cm³/mol. The van der Waals surface area contributed by atoms with Crippen molar-refractivity contribution in [1.29, 1.82) is 0 Å². The number of carbonyl (C=O) groups is 3. The van der Waals surface area contributed by atoms with Crippen LogP contribution in [0.25, 0.3) is 0 Å². The van der Waals surface area contributed by atoms with Gasteiger partial charge in [-0.05, 0) is 41.3 Å². The molecule has 3 aromatic rings. The van der Waals surface area contributed by atoms with E-state index in [1.165, 1.54) is 4.90 Å². The van der Waals surface area contributed by atoms with Crippen molar-refractivity contribution in [2.24, 2.45) is 11.8 Å². The van der Waals surface area contributed by atoms with Crippen LogP contribution < -0.4 is 4.90 Å². The Kier molecular flexibility index (Phi) is 3.33. The summed E-state index contributed by atoms with van der Waals surface area (Å²) in [4.78, 5) is 42.3. The standard InChI is InChI=1S/C26H19NO3/c1-15(28)26-19-13-7-5-11-17(19)21(18-12-6-8-14-20(18)26)22-23(26)25(30)27(24(22)29)16-9-3-2-4-10-16/h2-14,21-23H,1H3/t21?,22-,23+,26?/m1/s1. The fourth-order valence-corrected chi connectivity index (χ4v) is 6.20. The van der Waals surface area contributed by atoms with Crippen molar-refractivity contribution in [2.45, 2.75) is 18.3 Å². The van der Waals surface area contributed by atoms with Gasteiger partial charge in [-0.1, -0.05) is 66.7 Å². The highest BCUT2D eigenvalue weighted by Crippen LogP contribution is 2.64. The predicted octanol–water partition coefficient (Wildman–Crippen LogP) is 3.83. The van der Waals surface area contributed by atoms with Crippen LogP contribution in [0.5, 0.6) is 0 Å². The molecule has 30 heavy (non-hydrogen) atoms. The molecule has 0 unspecified atom stereocenters. The van der Waals surface area contributed by atoms with E-state index in [9.17, 15) is 14.4 Å². The van der Waals surface area contributed by atoms with Gasteiger partial charge in [0.2, 0.25) is 11.8 Å². The van der Waals surface area contributed by atoms with Gasteiger partial charge in [-0.2, -0.15) is 0 Å². The molecule has 4 aliphatic rings. The second-order valence-corrected chi connectivity index (χ2v) is 8.37.